The van der Waals surface area contributed by atoms with Gasteiger partial charge in [0, 0.05) is 12.6 Å². The molecule has 0 aromatic heterocycles. The molecule has 3 nitrogen and oxygen atoms in total. The normalized spacial score (nSPS) is 20.5. The number of hydrogen-bond donors (Lipinski definition) is 0. The van der Waals surface area contributed by atoms with Crippen LogP contribution in [0.3, 0.4) is 0 Å². The number of benzene rings is 1. The van der Waals surface area contributed by atoms with Gasteiger partial charge in [0.2, 0.25) is 0 Å². The minimum Gasteiger partial charge on any atom is -0.465 e. The fraction of sp³-hybridized carbons (Fsp3) is 0.500. The zero-order valence-electron chi connectivity index (χ0n) is 10.5. The predicted molar refractivity (Wildman–Crippen MR) is 66.9 cm³/mol. The lowest BCUT2D eigenvalue weighted by Gasteiger charge is -2.21. The second kappa shape index (κ2) is 5.32. The molecule has 3 heteroatoms. The molecule has 92 valence electrons. The monoisotopic (exact) mass is 233 g/mol. The largest absolute Gasteiger partial charge is 0.465 e. The molecule has 1 aromatic carbocycles. The van der Waals surface area contributed by atoms with E-state index in [0.717, 1.165) is 18.7 Å². The number of carbonyl (C=O) groups excluding carboxylic acids is 1. The minimum atomic E-state index is -0.243. The highest BCUT2D eigenvalue weighted by atomic mass is 16.5. The summed E-state index contributed by atoms with van der Waals surface area (Å²) in [6.45, 7) is 4.21. The van der Waals surface area contributed by atoms with Crippen molar-refractivity contribution in [3.63, 3.8) is 0 Å². The molecule has 1 aromatic rings. The van der Waals surface area contributed by atoms with E-state index in [9.17, 15) is 4.79 Å². The Balaban J connectivity index is 2.17. The van der Waals surface area contributed by atoms with Gasteiger partial charge in [0.25, 0.3) is 0 Å². The Kier molecular flexibility index (Phi) is 3.79. The van der Waals surface area contributed by atoms with Crippen LogP contribution in [0, 0.1) is 0 Å². The summed E-state index contributed by atoms with van der Waals surface area (Å²) in [5.74, 6) is -0.243. The number of nitrogens with zero attached hydrogens (tertiary/aromatic N) is 1. The molecule has 1 unspecified atom stereocenters. The van der Waals surface area contributed by atoms with E-state index in [2.05, 4.69) is 11.8 Å². The Morgan fingerprint density at radius 2 is 2.24 bits per heavy atom. The predicted octanol–water partition coefficient (Wildman–Crippen LogP) is 2.46. The zero-order chi connectivity index (χ0) is 12.3. The molecule has 0 aliphatic carbocycles. The van der Waals surface area contributed by atoms with Crippen LogP contribution < -0.4 is 0 Å². The lowest BCUT2D eigenvalue weighted by atomic mass is 10.1. The van der Waals surface area contributed by atoms with Crippen molar-refractivity contribution in [1.29, 1.82) is 0 Å². The molecule has 1 aliphatic rings. The van der Waals surface area contributed by atoms with Crippen LogP contribution in [0.5, 0.6) is 0 Å². The highest BCUT2D eigenvalue weighted by Crippen LogP contribution is 2.21. The van der Waals surface area contributed by atoms with E-state index < -0.39 is 0 Å². The van der Waals surface area contributed by atoms with Gasteiger partial charge in [-0.25, -0.2) is 4.79 Å². The van der Waals surface area contributed by atoms with Crippen molar-refractivity contribution in [2.75, 3.05) is 13.7 Å². The van der Waals surface area contributed by atoms with E-state index in [1.165, 1.54) is 20.0 Å². The standard InChI is InChI=1S/C14H19NO2/c1-11-6-5-9-15(11)10-12-7-3-4-8-13(12)14(16)17-2/h3-4,7-8,11H,5-6,9-10H2,1-2H3. The molecular weight excluding hydrogens is 214 g/mol. The summed E-state index contributed by atoms with van der Waals surface area (Å²) in [6, 6.07) is 8.31. The average molecular weight is 233 g/mol. The minimum absolute atomic E-state index is 0.243. The molecule has 0 saturated carbocycles. The van der Waals surface area contributed by atoms with Crippen LogP contribution in [0.15, 0.2) is 24.3 Å². The lowest BCUT2D eigenvalue weighted by Crippen LogP contribution is -2.27. The molecule has 0 amide bonds. The molecule has 2 rings (SSSR count). The fourth-order valence-electron chi connectivity index (χ4n) is 2.41. The van der Waals surface area contributed by atoms with Gasteiger partial charge >= 0.3 is 5.97 Å². The summed E-state index contributed by atoms with van der Waals surface area (Å²) < 4.78 is 4.81. The van der Waals surface area contributed by atoms with Crippen molar-refractivity contribution in [2.45, 2.75) is 32.4 Å². The average Bonchev–Trinajstić information content (AvgIpc) is 2.75. The van der Waals surface area contributed by atoms with Gasteiger partial charge in [0.15, 0.2) is 0 Å². The third kappa shape index (κ3) is 2.67. The Bertz CT molecular complexity index is 403. The number of likely N-dealkylation sites (tertiary alicyclic amines) is 1. The quantitative estimate of drug-likeness (QED) is 0.751. The van der Waals surface area contributed by atoms with Crippen molar-refractivity contribution in [3.8, 4) is 0 Å². The summed E-state index contributed by atoms with van der Waals surface area (Å²) in [4.78, 5) is 14.1. The number of hydrogen-bond acceptors (Lipinski definition) is 3. The number of esters is 1. The van der Waals surface area contributed by atoms with Gasteiger partial charge in [0.1, 0.15) is 0 Å². The summed E-state index contributed by atoms with van der Waals surface area (Å²) in [6.07, 6.45) is 2.50. The zero-order valence-corrected chi connectivity index (χ0v) is 10.5. The fourth-order valence-corrected chi connectivity index (χ4v) is 2.41. The van der Waals surface area contributed by atoms with E-state index in [1.54, 1.807) is 0 Å². The van der Waals surface area contributed by atoms with Crippen LogP contribution in [-0.4, -0.2) is 30.6 Å². The second-order valence-corrected chi connectivity index (χ2v) is 4.61. The first kappa shape index (κ1) is 12.1. The lowest BCUT2D eigenvalue weighted by molar-refractivity contribution is 0.0598. The van der Waals surface area contributed by atoms with E-state index in [-0.39, 0.29) is 5.97 Å². The van der Waals surface area contributed by atoms with Gasteiger partial charge in [-0.05, 0) is 37.9 Å². The van der Waals surface area contributed by atoms with E-state index in [4.69, 9.17) is 4.74 Å². The number of ether oxygens (including phenoxy) is 1. The van der Waals surface area contributed by atoms with E-state index in [0.29, 0.717) is 11.6 Å². The summed E-state index contributed by atoms with van der Waals surface area (Å²) in [5, 5.41) is 0. The third-order valence-electron chi connectivity index (χ3n) is 3.49. The van der Waals surface area contributed by atoms with Crippen LogP contribution in [0.25, 0.3) is 0 Å². The van der Waals surface area contributed by atoms with Crippen molar-refractivity contribution >= 4 is 5.97 Å². The SMILES string of the molecule is COC(=O)c1ccccc1CN1CCCC1C. The van der Waals surface area contributed by atoms with Crippen LogP contribution >= 0.6 is 0 Å². The molecule has 0 radical (unpaired) electrons. The van der Waals surface area contributed by atoms with Crippen LogP contribution in [0.2, 0.25) is 0 Å². The van der Waals surface area contributed by atoms with Gasteiger partial charge in [-0.15, -0.1) is 0 Å². The van der Waals surface area contributed by atoms with Crippen molar-refractivity contribution in [1.82, 2.24) is 4.90 Å². The Labute approximate surface area is 102 Å². The highest BCUT2D eigenvalue weighted by Gasteiger charge is 2.22. The third-order valence-corrected chi connectivity index (χ3v) is 3.49. The van der Waals surface area contributed by atoms with Crippen molar-refractivity contribution < 1.29 is 9.53 Å². The molecule has 0 N–H and O–H groups in total. The van der Waals surface area contributed by atoms with Gasteiger partial charge in [-0.2, -0.15) is 0 Å². The molecule has 1 saturated heterocycles. The Hall–Kier alpha value is -1.35. The summed E-state index contributed by atoms with van der Waals surface area (Å²) in [5.41, 5.74) is 1.75. The Morgan fingerprint density at radius 3 is 2.88 bits per heavy atom. The molecular formula is C14H19NO2. The van der Waals surface area contributed by atoms with E-state index >= 15 is 0 Å². The molecule has 17 heavy (non-hydrogen) atoms. The first-order chi connectivity index (χ1) is 8.22. The van der Waals surface area contributed by atoms with Gasteiger partial charge in [-0.3, -0.25) is 4.90 Å². The molecule has 1 fully saturated rings. The van der Waals surface area contributed by atoms with Gasteiger partial charge in [0.05, 0.1) is 12.7 Å². The number of rotatable bonds is 3. The first-order valence-corrected chi connectivity index (χ1v) is 6.12. The maximum absolute atomic E-state index is 11.6. The smallest absolute Gasteiger partial charge is 0.338 e. The van der Waals surface area contributed by atoms with Crippen LogP contribution in [0.4, 0.5) is 0 Å². The van der Waals surface area contributed by atoms with Gasteiger partial charge in [-0.1, -0.05) is 18.2 Å². The molecule has 1 heterocycles. The van der Waals surface area contributed by atoms with Crippen LogP contribution in [-0.2, 0) is 11.3 Å². The number of carbonyl (C=O) groups is 1. The van der Waals surface area contributed by atoms with Crippen molar-refractivity contribution in [2.24, 2.45) is 0 Å². The Morgan fingerprint density at radius 1 is 1.47 bits per heavy atom. The highest BCUT2D eigenvalue weighted by molar-refractivity contribution is 5.90. The second-order valence-electron chi connectivity index (χ2n) is 4.61. The molecule has 1 atom stereocenters. The first-order valence-electron chi connectivity index (χ1n) is 6.12. The topological polar surface area (TPSA) is 29.5 Å². The maximum atomic E-state index is 11.6. The van der Waals surface area contributed by atoms with Gasteiger partial charge < -0.3 is 4.74 Å². The molecule has 0 bridgehead atoms. The van der Waals surface area contributed by atoms with Crippen molar-refractivity contribution in [3.05, 3.63) is 35.4 Å². The maximum Gasteiger partial charge on any atom is 0.338 e. The summed E-state index contributed by atoms with van der Waals surface area (Å²) >= 11 is 0. The number of methoxy groups -OCH3 is 1. The molecule has 0 spiro atoms. The van der Waals surface area contributed by atoms with E-state index in [1.807, 2.05) is 24.3 Å². The van der Waals surface area contributed by atoms with Crippen LogP contribution in [0.1, 0.15) is 35.7 Å². The summed E-state index contributed by atoms with van der Waals surface area (Å²) in [7, 11) is 1.43. The molecule has 1 aliphatic heterocycles.